The lowest BCUT2D eigenvalue weighted by Gasteiger charge is -2.15. The lowest BCUT2D eigenvalue weighted by Crippen LogP contribution is -2.32. The second kappa shape index (κ2) is 7.63. The molecular formula is C13H18ClNO5S. The van der Waals surface area contributed by atoms with Crippen molar-refractivity contribution in [2.75, 3.05) is 19.9 Å². The Kier molecular flexibility index (Phi) is 6.44. The molecule has 1 unspecified atom stereocenters. The third kappa shape index (κ3) is 6.33. The van der Waals surface area contributed by atoms with E-state index in [1.807, 2.05) is 0 Å². The Bertz CT molecular complexity index is 603. The van der Waals surface area contributed by atoms with E-state index in [9.17, 15) is 13.2 Å². The molecular weight excluding hydrogens is 318 g/mol. The quantitative estimate of drug-likeness (QED) is 0.761. The van der Waals surface area contributed by atoms with Crippen LogP contribution in [0.4, 0.5) is 0 Å². The van der Waals surface area contributed by atoms with Gasteiger partial charge in [0.25, 0.3) is 0 Å². The van der Waals surface area contributed by atoms with Crippen molar-refractivity contribution < 1.29 is 22.7 Å². The van der Waals surface area contributed by atoms with Gasteiger partial charge in [0.1, 0.15) is 11.9 Å². The molecule has 0 aliphatic carbocycles. The normalized spacial score (nSPS) is 12.8. The molecule has 0 bridgehead atoms. The lowest BCUT2D eigenvalue weighted by atomic mass is 10.1. The van der Waals surface area contributed by atoms with E-state index in [0.29, 0.717) is 16.3 Å². The summed E-state index contributed by atoms with van der Waals surface area (Å²) in [6.45, 7) is 1.62. The first-order valence-electron chi connectivity index (χ1n) is 6.18. The van der Waals surface area contributed by atoms with Crippen molar-refractivity contribution in [3.8, 4) is 5.75 Å². The fourth-order valence-electron chi connectivity index (χ4n) is 1.62. The number of nitrogens with one attached hydrogen (secondary N) is 1. The van der Waals surface area contributed by atoms with Crippen LogP contribution in [0.15, 0.2) is 18.2 Å². The van der Waals surface area contributed by atoms with Gasteiger partial charge in [-0.15, -0.1) is 0 Å². The van der Waals surface area contributed by atoms with E-state index in [1.165, 1.54) is 7.11 Å². The number of ether oxygens (including phenoxy) is 2. The summed E-state index contributed by atoms with van der Waals surface area (Å²) in [4.78, 5) is 11.9. The summed E-state index contributed by atoms with van der Waals surface area (Å²) in [5.41, 5.74) is 0.537. The third-order valence-electron chi connectivity index (χ3n) is 2.58. The van der Waals surface area contributed by atoms with Gasteiger partial charge in [-0.1, -0.05) is 17.7 Å². The maximum absolute atomic E-state index is 11.9. The molecule has 1 N–H and O–H groups in total. The predicted molar refractivity (Wildman–Crippen MR) is 80.1 cm³/mol. The maximum atomic E-state index is 11.9. The Morgan fingerprint density at radius 1 is 1.43 bits per heavy atom. The van der Waals surface area contributed by atoms with E-state index >= 15 is 0 Å². The molecule has 0 saturated carbocycles. The van der Waals surface area contributed by atoms with Crippen LogP contribution in [0.5, 0.6) is 5.75 Å². The highest BCUT2D eigenvalue weighted by atomic mass is 35.5. The van der Waals surface area contributed by atoms with Gasteiger partial charge < -0.3 is 9.47 Å². The number of carbonyl (C=O) groups excluding carboxylic acids is 1. The summed E-state index contributed by atoms with van der Waals surface area (Å²) in [6, 6.07) is 5.07. The highest BCUT2D eigenvalue weighted by molar-refractivity contribution is 7.88. The van der Waals surface area contributed by atoms with Gasteiger partial charge in [-0.25, -0.2) is 13.1 Å². The lowest BCUT2D eigenvalue weighted by molar-refractivity contribution is -0.147. The molecule has 0 spiro atoms. The van der Waals surface area contributed by atoms with Gasteiger partial charge in [-0.3, -0.25) is 4.79 Å². The molecule has 0 heterocycles. The molecule has 0 amide bonds. The molecule has 0 fully saturated rings. The molecule has 0 aliphatic heterocycles. The first-order valence-corrected chi connectivity index (χ1v) is 8.45. The molecule has 1 atom stereocenters. The highest BCUT2D eigenvalue weighted by Crippen LogP contribution is 2.26. The summed E-state index contributed by atoms with van der Waals surface area (Å²) in [5.74, 6) is -0.00874. The van der Waals surface area contributed by atoms with Gasteiger partial charge in [0.05, 0.1) is 19.8 Å². The number of sulfonamides is 1. The van der Waals surface area contributed by atoms with Gasteiger partial charge >= 0.3 is 5.97 Å². The van der Waals surface area contributed by atoms with Crippen molar-refractivity contribution in [1.82, 2.24) is 4.72 Å². The van der Waals surface area contributed by atoms with Crippen molar-refractivity contribution in [3.05, 3.63) is 28.8 Å². The standard InChI is InChI=1S/C13H18ClNO5S/c1-9(8-15-21(3,17)18)20-13(16)7-10-11(14)5-4-6-12(10)19-2/h4-6,9,15H,7-8H2,1-3H3. The number of carbonyl (C=O) groups is 1. The van der Waals surface area contributed by atoms with Crippen molar-refractivity contribution in [2.45, 2.75) is 19.4 Å². The predicted octanol–water partition coefficient (Wildman–Crippen LogP) is 1.37. The summed E-state index contributed by atoms with van der Waals surface area (Å²) < 4.78 is 34.4. The summed E-state index contributed by atoms with van der Waals surface area (Å²) in [5, 5.41) is 0.410. The Morgan fingerprint density at radius 2 is 2.10 bits per heavy atom. The molecule has 1 aromatic rings. The smallest absolute Gasteiger partial charge is 0.310 e. The Morgan fingerprint density at radius 3 is 2.67 bits per heavy atom. The van der Waals surface area contributed by atoms with E-state index in [1.54, 1.807) is 25.1 Å². The Balaban J connectivity index is 2.62. The van der Waals surface area contributed by atoms with Gasteiger partial charge in [-0.05, 0) is 19.1 Å². The molecule has 6 nitrogen and oxygen atoms in total. The van der Waals surface area contributed by atoms with E-state index in [0.717, 1.165) is 6.26 Å². The van der Waals surface area contributed by atoms with Crippen LogP contribution in [0.2, 0.25) is 5.02 Å². The summed E-state index contributed by atoms with van der Waals surface area (Å²) >= 11 is 6.03. The molecule has 8 heteroatoms. The number of hydrogen-bond donors (Lipinski definition) is 1. The number of halogens is 1. The van der Waals surface area contributed by atoms with Crippen LogP contribution >= 0.6 is 11.6 Å². The fourth-order valence-corrected chi connectivity index (χ4v) is 2.39. The first kappa shape index (κ1) is 17.7. The van der Waals surface area contributed by atoms with Gasteiger partial charge in [0.15, 0.2) is 0 Å². The van der Waals surface area contributed by atoms with Crippen LogP contribution in [-0.2, 0) is 26.0 Å². The highest BCUT2D eigenvalue weighted by Gasteiger charge is 2.16. The van der Waals surface area contributed by atoms with Crippen LogP contribution in [0.3, 0.4) is 0 Å². The largest absolute Gasteiger partial charge is 0.496 e. The first-order chi connectivity index (χ1) is 9.73. The van der Waals surface area contributed by atoms with E-state index in [-0.39, 0.29) is 13.0 Å². The van der Waals surface area contributed by atoms with E-state index in [2.05, 4.69) is 4.72 Å². The zero-order valence-electron chi connectivity index (χ0n) is 12.1. The van der Waals surface area contributed by atoms with Gasteiger partial charge in [-0.2, -0.15) is 0 Å². The van der Waals surface area contributed by atoms with Crippen molar-refractivity contribution >= 4 is 27.6 Å². The maximum Gasteiger partial charge on any atom is 0.310 e. The average Bonchev–Trinajstić information content (AvgIpc) is 2.38. The molecule has 1 aromatic carbocycles. The number of methoxy groups -OCH3 is 1. The number of rotatable bonds is 7. The molecule has 0 radical (unpaired) electrons. The minimum Gasteiger partial charge on any atom is -0.496 e. The second-order valence-electron chi connectivity index (χ2n) is 4.52. The monoisotopic (exact) mass is 335 g/mol. The molecule has 1 rings (SSSR count). The number of esters is 1. The van der Waals surface area contributed by atoms with Crippen LogP contribution in [0.1, 0.15) is 12.5 Å². The van der Waals surface area contributed by atoms with Gasteiger partial charge in [0.2, 0.25) is 10.0 Å². The third-order valence-corrected chi connectivity index (χ3v) is 3.63. The van der Waals surface area contributed by atoms with Crippen LogP contribution < -0.4 is 9.46 Å². The number of hydrogen-bond acceptors (Lipinski definition) is 5. The molecule has 21 heavy (non-hydrogen) atoms. The zero-order chi connectivity index (χ0) is 16.0. The van der Waals surface area contributed by atoms with Crippen molar-refractivity contribution in [1.29, 1.82) is 0 Å². The van der Waals surface area contributed by atoms with E-state index < -0.39 is 22.1 Å². The van der Waals surface area contributed by atoms with Crippen LogP contribution in [0.25, 0.3) is 0 Å². The molecule has 0 saturated heterocycles. The minimum absolute atomic E-state index is 0.0181. The fraction of sp³-hybridized carbons (Fsp3) is 0.462. The number of benzene rings is 1. The van der Waals surface area contributed by atoms with Crippen LogP contribution in [0, 0.1) is 0 Å². The Hall–Kier alpha value is -1.31. The van der Waals surface area contributed by atoms with E-state index in [4.69, 9.17) is 21.1 Å². The zero-order valence-corrected chi connectivity index (χ0v) is 13.6. The van der Waals surface area contributed by atoms with Crippen molar-refractivity contribution in [3.63, 3.8) is 0 Å². The van der Waals surface area contributed by atoms with Crippen molar-refractivity contribution in [2.24, 2.45) is 0 Å². The SMILES string of the molecule is COc1cccc(Cl)c1CC(=O)OC(C)CNS(C)(=O)=O. The molecule has 118 valence electrons. The molecule has 0 aliphatic rings. The second-order valence-corrected chi connectivity index (χ2v) is 6.76. The summed E-state index contributed by atoms with van der Waals surface area (Å²) in [7, 11) is -1.83. The van der Waals surface area contributed by atoms with Crippen LogP contribution in [-0.4, -0.2) is 40.4 Å². The van der Waals surface area contributed by atoms with Gasteiger partial charge in [0, 0.05) is 17.1 Å². The minimum atomic E-state index is -3.31. The average molecular weight is 336 g/mol. The Labute approximate surface area is 129 Å². The topological polar surface area (TPSA) is 81.7 Å². The summed E-state index contributed by atoms with van der Waals surface area (Å²) in [6.07, 6.45) is 0.406. The molecule has 0 aromatic heterocycles.